The maximum atomic E-state index is 6.68. The van der Waals surface area contributed by atoms with Crippen molar-refractivity contribution in [2.24, 2.45) is 0 Å². The highest BCUT2D eigenvalue weighted by Gasteiger charge is 2.19. The van der Waals surface area contributed by atoms with Crippen LogP contribution in [-0.2, 0) is 0 Å². The molecule has 0 aliphatic rings. The van der Waals surface area contributed by atoms with Crippen molar-refractivity contribution in [1.29, 1.82) is 0 Å². The number of hydrogen-bond donors (Lipinski definition) is 0. The summed E-state index contributed by atoms with van der Waals surface area (Å²) in [6.45, 7) is 0. The van der Waals surface area contributed by atoms with Crippen molar-refractivity contribution in [3.05, 3.63) is 310 Å². The van der Waals surface area contributed by atoms with Gasteiger partial charge in [0.2, 0.25) is 0 Å². The van der Waals surface area contributed by atoms with Gasteiger partial charge in [-0.2, -0.15) is 0 Å². The third-order valence-electron chi connectivity index (χ3n) is 17.2. The Morgan fingerprint density at radius 3 is 1.36 bits per heavy atom. The zero-order chi connectivity index (χ0) is 56.7. The standard InChI is InChI=1S/C80H51N5O/c1-2-16-52(17-3-1)54-18-12-19-55(44-54)59-35-39-76-71(49-59)67-27-5-7-29-73(67)83(76)62-23-13-20-56(45-62)57-21-14-24-63(46-57)84-74-30-8-6-28-68(74)72-50-60(36-40-77(72)84)58-34-33-53-41-43-82-80(70(53)48-58)61-22-15-25-64(47-61)86-65-37-38-69-66-26-4-9-31-75(66)85(78(69)51-65)79-32-10-11-42-81-79/h1-51H. The number of ether oxygens (including phenoxy) is 1. The molecular formula is C80H51N5O. The molecule has 402 valence electrons. The number of nitrogens with zero attached hydrogens (tertiary/aromatic N) is 5. The van der Waals surface area contributed by atoms with Gasteiger partial charge in [0.05, 0.1) is 38.8 Å². The van der Waals surface area contributed by atoms with Crippen LogP contribution in [0.5, 0.6) is 11.5 Å². The Hall–Kier alpha value is -11.6. The Kier molecular flexibility index (Phi) is 11.5. The fourth-order valence-electron chi connectivity index (χ4n) is 13.2. The van der Waals surface area contributed by atoms with Gasteiger partial charge in [0.25, 0.3) is 0 Å². The third-order valence-corrected chi connectivity index (χ3v) is 17.2. The maximum Gasteiger partial charge on any atom is 0.137 e. The summed E-state index contributed by atoms with van der Waals surface area (Å²) in [5.74, 6) is 2.33. The molecule has 86 heavy (non-hydrogen) atoms. The second-order valence-corrected chi connectivity index (χ2v) is 22.2. The summed E-state index contributed by atoms with van der Waals surface area (Å²) in [6, 6.07) is 107. The fourth-order valence-corrected chi connectivity index (χ4v) is 13.2. The first kappa shape index (κ1) is 49.0. The van der Waals surface area contributed by atoms with Crippen LogP contribution >= 0.6 is 0 Å². The normalized spacial score (nSPS) is 11.7. The summed E-state index contributed by atoms with van der Waals surface area (Å²) >= 11 is 0. The number of hydrogen-bond acceptors (Lipinski definition) is 3. The first-order valence-electron chi connectivity index (χ1n) is 29.2. The molecule has 0 saturated heterocycles. The van der Waals surface area contributed by atoms with Gasteiger partial charge in [-0.1, -0.05) is 170 Å². The minimum Gasteiger partial charge on any atom is -0.457 e. The highest BCUT2D eigenvalue weighted by molar-refractivity contribution is 6.13. The van der Waals surface area contributed by atoms with E-state index in [1.54, 1.807) is 0 Å². The Balaban J connectivity index is 0.694. The lowest BCUT2D eigenvalue weighted by molar-refractivity contribution is 0.483. The lowest BCUT2D eigenvalue weighted by Gasteiger charge is -2.13. The minimum absolute atomic E-state index is 0.730. The number of benzene rings is 12. The molecule has 0 aliphatic heterocycles. The Bertz CT molecular complexity index is 5520. The molecule has 0 N–H and O–H groups in total. The smallest absolute Gasteiger partial charge is 0.137 e. The van der Waals surface area contributed by atoms with Gasteiger partial charge in [0.15, 0.2) is 0 Å². The molecule has 17 aromatic rings. The Morgan fingerprint density at radius 2 is 0.709 bits per heavy atom. The lowest BCUT2D eigenvalue weighted by Crippen LogP contribution is -1.96. The van der Waals surface area contributed by atoms with E-state index >= 15 is 0 Å². The first-order chi connectivity index (χ1) is 42.6. The van der Waals surface area contributed by atoms with Crippen LogP contribution in [0.2, 0.25) is 0 Å². The van der Waals surface area contributed by atoms with E-state index < -0.39 is 0 Å². The SMILES string of the molecule is c1ccc(-c2cccc(-c3ccc4c(c3)c3ccccc3n4-c3cccc(-c4cccc(-n5c6ccccc6c6cc(-c7ccc8ccnc(-c9cccc(Oc%10ccc%11c%12ccccc%12n(-c%12ccccn%12)c%11c%10)c9)c8c7)ccc65)c4)c3)c2)cc1. The van der Waals surface area contributed by atoms with Crippen LogP contribution in [0, 0.1) is 0 Å². The number of aromatic nitrogens is 5. The van der Waals surface area contributed by atoms with E-state index in [4.69, 9.17) is 14.7 Å². The van der Waals surface area contributed by atoms with Gasteiger partial charge in [-0.05, 0) is 171 Å². The molecule has 5 aromatic heterocycles. The molecular weight excluding hydrogens is 1050 g/mol. The van der Waals surface area contributed by atoms with Gasteiger partial charge in [-0.15, -0.1) is 0 Å². The number of pyridine rings is 2. The highest BCUT2D eigenvalue weighted by atomic mass is 16.5. The van der Waals surface area contributed by atoms with Gasteiger partial charge >= 0.3 is 0 Å². The Labute approximate surface area is 496 Å². The summed E-state index contributed by atoms with van der Waals surface area (Å²) < 4.78 is 13.7. The molecule has 0 amide bonds. The van der Waals surface area contributed by atoms with Gasteiger partial charge in [0.1, 0.15) is 17.3 Å². The maximum absolute atomic E-state index is 6.68. The predicted octanol–water partition coefficient (Wildman–Crippen LogP) is 21.0. The molecule has 0 aliphatic carbocycles. The van der Waals surface area contributed by atoms with Crippen molar-refractivity contribution in [2.45, 2.75) is 0 Å². The van der Waals surface area contributed by atoms with Crippen LogP contribution in [0.4, 0.5) is 0 Å². The highest BCUT2D eigenvalue weighted by Crippen LogP contribution is 2.42. The van der Waals surface area contributed by atoms with E-state index in [1.165, 1.54) is 60.2 Å². The van der Waals surface area contributed by atoms with Crippen LogP contribution in [0.1, 0.15) is 0 Å². The molecule has 0 saturated carbocycles. The number of fused-ring (bicyclic) bond motifs is 10. The monoisotopic (exact) mass is 1100 g/mol. The molecule has 0 atom stereocenters. The average Bonchev–Trinajstić information content (AvgIpc) is 2.51. The first-order valence-corrected chi connectivity index (χ1v) is 29.2. The molecule has 0 bridgehead atoms. The van der Waals surface area contributed by atoms with E-state index in [0.717, 1.165) is 100 Å². The molecule has 0 fully saturated rings. The molecule has 0 spiro atoms. The minimum atomic E-state index is 0.730. The third kappa shape index (κ3) is 8.26. The molecule has 0 radical (unpaired) electrons. The summed E-state index contributed by atoms with van der Waals surface area (Å²) in [7, 11) is 0. The van der Waals surface area contributed by atoms with Crippen LogP contribution in [-0.4, -0.2) is 23.7 Å². The van der Waals surface area contributed by atoms with E-state index in [-0.39, 0.29) is 0 Å². The van der Waals surface area contributed by atoms with Crippen molar-refractivity contribution in [1.82, 2.24) is 23.7 Å². The van der Waals surface area contributed by atoms with Crippen molar-refractivity contribution in [3.8, 4) is 84.5 Å². The fraction of sp³-hybridized carbons (Fsp3) is 0. The van der Waals surface area contributed by atoms with E-state index in [1.807, 2.05) is 48.8 Å². The van der Waals surface area contributed by atoms with E-state index in [2.05, 4.69) is 275 Å². The summed E-state index contributed by atoms with van der Waals surface area (Å²) in [5.41, 5.74) is 20.3. The van der Waals surface area contributed by atoms with Gasteiger partial charge < -0.3 is 13.9 Å². The molecule has 17 rings (SSSR count). The van der Waals surface area contributed by atoms with E-state index in [9.17, 15) is 0 Å². The summed E-state index contributed by atoms with van der Waals surface area (Å²) in [4.78, 5) is 9.74. The second kappa shape index (κ2) is 20.1. The van der Waals surface area contributed by atoms with Gasteiger partial charge in [-0.3, -0.25) is 9.55 Å². The van der Waals surface area contributed by atoms with Gasteiger partial charge in [-0.25, -0.2) is 4.98 Å². The zero-order valence-corrected chi connectivity index (χ0v) is 46.6. The lowest BCUT2D eigenvalue weighted by atomic mass is 9.97. The Morgan fingerprint density at radius 1 is 0.233 bits per heavy atom. The number of rotatable bonds is 10. The largest absolute Gasteiger partial charge is 0.457 e. The molecule has 6 nitrogen and oxygen atoms in total. The van der Waals surface area contributed by atoms with Crippen molar-refractivity contribution < 1.29 is 4.74 Å². The van der Waals surface area contributed by atoms with Crippen molar-refractivity contribution in [3.63, 3.8) is 0 Å². The number of para-hydroxylation sites is 3. The van der Waals surface area contributed by atoms with Crippen LogP contribution < -0.4 is 4.74 Å². The summed E-state index contributed by atoms with van der Waals surface area (Å²) in [5, 5.41) is 9.36. The average molecular weight is 1100 g/mol. The van der Waals surface area contributed by atoms with E-state index in [0.29, 0.717) is 0 Å². The molecule has 12 aromatic carbocycles. The van der Waals surface area contributed by atoms with Crippen molar-refractivity contribution >= 4 is 76.2 Å². The summed E-state index contributed by atoms with van der Waals surface area (Å²) in [6.07, 6.45) is 3.73. The second-order valence-electron chi connectivity index (χ2n) is 22.2. The molecule has 6 heteroatoms. The zero-order valence-electron chi connectivity index (χ0n) is 46.6. The predicted molar refractivity (Wildman–Crippen MR) is 356 cm³/mol. The van der Waals surface area contributed by atoms with Crippen molar-refractivity contribution in [2.75, 3.05) is 0 Å². The van der Waals surface area contributed by atoms with Gasteiger partial charge in [0, 0.05) is 73.1 Å². The topological polar surface area (TPSA) is 49.8 Å². The quantitative estimate of drug-likeness (QED) is 0.137. The van der Waals surface area contributed by atoms with Crippen LogP contribution in [0.25, 0.3) is 149 Å². The van der Waals surface area contributed by atoms with Crippen LogP contribution in [0.3, 0.4) is 0 Å². The molecule has 5 heterocycles. The van der Waals surface area contributed by atoms with Crippen LogP contribution in [0.15, 0.2) is 310 Å². The molecule has 0 unspecified atom stereocenters.